The third-order valence-electron chi connectivity index (χ3n) is 2.99. The Hall–Kier alpha value is -1.91. The lowest BCUT2D eigenvalue weighted by Crippen LogP contribution is -2.50. The molecule has 0 unspecified atom stereocenters. The Kier molecular flexibility index (Phi) is 3.55. The summed E-state index contributed by atoms with van der Waals surface area (Å²) in [5.41, 5.74) is 11.1. The molecule has 0 saturated carbocycles. The van der Waals surface area contributed by atoms with E-state index in [2.05, 4.69) is 4.98 Å². The summed E-state index contributed by atoms with van der Waals surface area (Å²) in [5, 5.41) is 2.16. The van der Waals surface area contributed by atoms with Gasteiger partial charge >= 0.3 is 12.1 Å². The zero-order valence-corrected chi connectivity index (χ0v) is 10.9. The average Bonchev–Trinajstić information content (AvgIpc) is 2.78. The van der Waals surface area contributed by atoms with Crippen molar-refractivity contribution in [3.05, 3.63) is 10.6 Å². The molecule has 19 heavy (non-hydrogen) atoms. The first-order chi connectivity index (χ1) is 8.90. The lowest BCUT2D eigenvalue weighted by molar-refractivity contribution is 0.178. The Morgan fingerprint density at radius 3 is 2.53 bits per heavy atom. The second kappa shape index (κ2) is 4.99. The van der Waals surface area contributed by atoms with Crippen LogP contribution in [-0.2, 0) is 12.8 Å². The number of nitrogens with two attached hydrogens (primary N) is 4. The minimum absolute atomic E-state index is 0.168. The van der Waals surface area contributed by atoms with Gasteiger partial charge in [0.2, 0.25) is 5.13 Å². The summed E-state index contributed by atoms with van der Waals surface area (Å²) < 4.78 is 0. The van der Waals surface area contributed by atoms with Crippen LogP contribution in [0.4, 0.5) is 14.7 Å². The minimum atomic E-state index is -0.778. The maximum Gasteiger partial charge on any atom is 0.335 e. The van der Waals surface area contributed by atoms with Gasteiger partial charge in [0.15, 0.2) is 0 Å². The fraction of sp³-hybridized carbons (Fsp3) is 0.444. The van der Waals surface area contributed by atoms with Crippen LogP contribution < -0.4 is 28.2 Å². The van der Waals surface area contributed by atoms with Crippen LogP contribution in [0, 0.1) is 0 Å². The minimum Gasteiger partial charge on any atom is -0.350 e. The fourth-order valence-corrected chi connectivity index (χ4v) is 3.06. The van der Waals surface area contributed by atoms with Gasteiger partial charge in [0.25, 0.3) is 0 Å². The fourth-order valence-electron chi connectivity index (χ4n) is 1.96. The number of thiazole rings is 1. The van der Waals surface area contributed by atoms with Gasteiger partial charge in [-0.2, -0.15) is 0 Å². The number of fused-ring (bicyclic) bond motifs is 1. The third kappa shape index (κ3) is 2.59. The second-order valence-corrected chi connectivity index (χ2v) is 5.28. The number of carbonyl (C=O) groups is 2. The van der Waals surface area contributed by atoms with Gasteiger partial charge in [-0.25, -0.2) is 31.3 Å². The molecule has 1 aliphatic carbocycles. The number of nitrogens with zero attached hydrogens (tertiary/aromatic N) is 3. The number of hydrazine groups is 2. The van der Waals surface area contributed by atoms with Crippen molar-refractivity contribution in [2.45, 2.75) is 25.3 Å². The molecule has 1 aromatic heterocycles. The number of anilines is 1. The van der Waals surface area contributed by atoms with E-state index in [0.29, 0.717) is 24.4 Å². The van der Waals surface area contributed by atoms with Gasteiger partial charge in [0.05, 0.1) is 11.7 Å². The van der Waals surface area contributed by atoms with Crippen LogP contribution in [0.1, 0.15) is 17.0 Å². The van der Waals surface area contributed by atoms with Gasteiger partial charge in [0.1, 0.15) is 0 Å². The zero-order chi connectivity index (χ0) is 14.2. The molecule has 0 aromatic carbocycles. The largest absolute Gasteiger partial charge is 0.350 e. The van der Waals surface area contributed by atoms with E-state index in [1.165, 1.54) is 11.3 Å². The number of rotatable bonds is 2. The summed E-state index contributed by atoms with van der Waals surface area (Å²) in [6.45, 7) is 0. The second-order valence-electron chi connectivity index (χ2n) is 4.22. The molecule has 0 radical (unpaired) electrons. The van der Waals surface area contributed by atoms with E-state index in [1.807, 2.05) is 0 Å². The Labute approximate surface area is 113 Å². The molecule has 104 valence electrons. The van der Waals surface area contributed by atoms with E-state index in [1.54, 1.807) is 0 Å². The number of aromatic nitrogens is 1. The van der Waals surface area contributed by atoms with E-state index < -0.39 is 12.1 Å². The number of hydrogen-bond acceptors (Lipinski definition) is 6. The Balaban J connectivity index is 2.17. The molecule has 1 heterocycles. The number of hydrogen-bond donors (Lipinski definition) is 4. The molecule has 1 aromatic rings. The predicted molar refractivity (Wildman–Crippen MR) is 69.8 cm³/mol. The Morgan fingerprint density at radius 2 is 1.95 bits per heavy atom. The molecule has 8 N–H and O–H groups in total. The van der Waals surface area contributed by atoms with Crippen LogP contribution >= 0.6 is 11.3 Å². The van der Waals surface area contributed by atoms with Crippen LogP contribution in [-0.4, -0.2) is 28.1 Å². The molecular weight excluding hydrogens is 270 g/mol. The lowest BCUT2D eigenvalue weighted by Gasteiger charge is -2.28. The molecule has 2 rings (SSSR count). The van der Waals surface area contributed by atoms with Gasteiger partial charge in [-0.15, -0.1) is 0 Å². The van der Waals surface area contributed by atoms with Crippen molar-refractivity contribution in [3.8, 4) is 0 Å². The Morgan fingerprint density at radius 1 is 1.26 bits per heavy atom. The van der Waals surface area contributed by atoms with Crippen LogP contribution in [0.5, 0.6) is 0 Å². The smallest absolute Gasteiger partial charge is 0.335 e. The molecule has 10 heteroatoms. The standard InChI is InChI=1S/C9H15N7O2S/c10-7(17)15(12)4-1-2-5-6(3-4)19-9(14-5)16(13)8(11)18/h4H,1-3,12-13H2,(H2,10,17)(H2,11,18)/t4-/m0/s1. The normalized spacial score (nSPS) is 17.7. The first-order valence-corrected chi connectivity index (χ1v) is 6.38. The Bertz CT molecular complexity index is 517. The molecular formula is C9H15N7O2S. The topological polar surface area (TPSA) is 158 Å². The van der Waals surface area contributed by atoms with Crippen LogP contribution in [0.25, 0.3) is 0 Å². The summed E-state index contributed by atoms with van der Waals surface area (Å²) in [6.07, 6.45) is 1.85. The van der Waals surface area contributed by atoms with Crippen molar-refractivity contribution in [1.82, 2.24) is 9.99 Å². The van der Waals surface area contributed by atoms with Crippen LogP contribution in [0.2, 0.25) is 0 Å². The predicted octanol–water partition coefficient (Wildman–Crippen LogP) is -0.986. The van der Waals surface area contributed by atoms with E-state index >= 15 is 0 Å². The molecule has 9 nitrogen and oxygen atoms in total. The van der Waals surface area contributed by atoms with Crippen LogP contribution in [0.15, 0.2) is 0 Å². The molecule has 1 aliphatic rings. The number of aryl methyl sites for hydroxylation is 1. The molecule has 0 saturated heterocycles. The van der Waals surface area contributed by atoms with E-state index in [-0.39, 0.29) is 6.04 Å². The average molecular weight is 285 g/mol. The van der Waals surface area contributed by atoms with Crippen molar-refractivity contribution in [3.63, 3.8) is 0 Å². The highest BCUT2D eigenvalue weighted by atomic mass is 32.1. The van der Waals surface area contributed by atoms with Gasteiger partial charge in [-0.3, -0.25) is 5.01 Å². The molecule has 0 fully saturated rings. The van der Waals surface area contributed by atoms with Crippen molar-refractivity contribution < 1.29 is 9.59 Å². The summed E-state index contributed by atoms with van der Waals surface area (Å²) in [5.74, 6) is 11.1. The van der Waals surface area contributed by atoms with E-state index in [4.69, 9.17) is 23.2 Å². The monoisotopic (exact) mass is 285 g/mol. The van der Waals surface area contributed by atoms with E-state index in [9.17, 15) is 9.59 Å². The maximum atomic E-state index is 11.0. The van der Waals surface area contributed by atoms with E-state index in [0.717, 1.165) is 20.6 Å². The van der Waals surface area contributed by atoms with Crippen molar-refractivity contribution in [2.24, 2.45) is 23.2 Å². The molecule has 4 amide bonds. The number of carbonyl (C=O) groups excluding carboxylic acids is 2. The summed E-state index contributed by atoms with van der Waals surface area (Å²) in [6, 6.07) is -1.62. The SMILES string of the molecule is NC(=O)N(N)c1nc2c(s1)C[C@@H](N(N)C(N)=O)CC2. The summed E-state index contributed by atoms with van der Waals surface area (Å²) >= 11 is 1.26. The molecule has 1 atom stereocenters. The quantitative estimate of drug-likeness (QED) is 0.311. The summed E-state index contributed by atoms with van der Waals surface area (Å²) in [7, 11) is 0. The van der Waals surface area contributed by atoms with Crippen molar-refractivity contribution in [1.29, 1.82) is 0 Å². The highest BCUT2D eigenvalue weighted by Crippen LogP contribution is 2.31. The first-order valence-electron chi connectivity index (χ1n) is 5.56. The third-order valence-corrected chi connectivity index (χ3v) is 4.11. The maximum absolute atomic E-state index is 11.0. The highest BCUT2D eigenvalue weighted by Gasteiger charge is 2.28. The highest BCUT2D eigenvalue weighted by molar-refractivity contribution is 7.15. The summed E-state index contributed by atoms with van der Waals surface area (Å²) in [4.78, 5) is 27.2. The number of urea groups is 2. The zero-order valence-electron chi connectivity index (χ0n) is 10.1. The molecule has 0 bridgehead atoms. The number of amides is 4. The molecule has 0 aliphatic heterocycles. The van der Waals surface area contributed by atoms with Crippen molar-refractivity contribution in [2.75, 3.05) is 5.01 Å². The van der Waals surface area contributed by atoms with Gasteiger partial charge < -0.3 is 11.5 Å². The van der Waals surface area contributed by atoms with Gasteiger partial charge in [0, 0.05) is 11.3 Å². The first kappa shape index (κ1) is 13.5. The van der Waals surface area contributed by atoms with Gasteiger partial charge in [-0.05, 0) is 12.8 Å². The van der Waals surface area contributed by atoms with Crippen LogP contribution in [0.3, 0.4) is 0 Å². The van der Waals surface area contributed by atoms with Crippen molar-refractivity contribution >= 4 is 28.5 Å². The lowest BCUT2D eigenvalue weighted by atomic mass is 9.97. The number of primary amides is 2. The molecule has 0 spiro atoms. The van der Waals surface area contributed by atoms with Gasteiger partial charge in [-0.1, -0.05) is 11.3 Å².